The number of benzene rings is 1. The summed E-state index contributed by atoms with van der Waals surface area (Å²) in [6, 6.07) is 5.72. The lowest BCUT2D eigenvalue weighted by atomic mass is 9.80. The number of primary amides is 1. The third-order valence-electron chi connectivity index (χ3n) is 4.18. The number of nitrogens with one attached hydrogen (secondary N) is 2. The highest BCUT2D eigenvalue weighted by Gasteiger charge is 2.33. The fourth-order valence-corrected chi connectivity index (χ4v) is 3.99. The quantitative estimate of drug-likeness (QED) is 0.650. The molecule has 7 nitrogen and oxygen atoms in total. The van der Waals surface area contributed by atoms with Crippen molar-refractivity contribution in [1.29, 1.82) is 0 Å². The summed E-state index contributed by atoms with van der Waals surface area (Å²) >= 11 is 0. The van der Waals surface area contributed by atoms with Gasteiger partial charge in [0.25, 0.3) is 0 Å². The summed E-state index contributed by atoms with van der Waals surface area (Å²) in [5.74, 6) is -0.656. The SMILES string of the molecule is COCC1(CNS(=O)(=O)c2cccc(C(N)=O)c2)CCNCC1. The first-order valence-corrected chi connectivity index (χ1v) is 8.96. The molecule has 1 aliphatic heterocycles. The van der Waals surface area contributed by atoms with E-state index < -0.39 is 15.9 Å². The van der Waals surface area contributed by atoms with Crippen LogP contribution in [-0.4, -0.2) is 47.7 Å². The van der Waals surface area contributed by atoms with Crippen LogP contribution >= 0.6 is 0 Å². The number of ether oxygens (including phenoxy) is 1. The van der Waals surface area contributed by atoms with Gasteiger partial charge in [0.1, 0.15) is 0 Å². The van der Waals surface area contributed by atoms with E-state index in [-0.39, 0.29) is 15.9 Å². The molecule has 0 atom stereocenters. The van der Waals surface area contributed by atoms with Gasteiger partial charge in [-0.3, -0.25) is 4.79 Å². The van der Waals surface area contributed by atoms with Gasteiger partial charge in [0.2, 0.25) is 15.9 Å². The first-order chi connectivity index (χ1) is 10.9. The minimum Gasteiger partial charge on any atom is -0.384 e. The first-order valence-electron chi connectivity index (χ1n) is 7.48. The van der Waals surface area contributed by atoms with Crippen molar-refractivity contribution in [3.05, 3.63) is 29.8 Å². The highest BCUT2D eigenvalue weighted by molar-refractivity contribution is 7.89. The van der Waals surface area contributed by atoms with E-state index in [9.17, 15) is 13.2 Å². The zero-order chi connectivity index (χ0) is 16.9. The van der Waals surface area contributed by atoms with Crippen molar-refractivity contribution < 1.29 is 17.9 Å². The summed E-state index contributed by atoms with van der Waals surface area (Å²) in [5.41, 5.74) is 5.15. The average Bonchev–Trinajstić information content (AvgIpc) is 2.54. The number of rotatable bonds is 7. The molecule has 0 spiro atoms. The molecule has 1 fully saturated rings. The summed E-state index contributed by atoms with van der Waals surface area (Å²) in [6.07, 6.45) is 1.68. The Balaban J connectivity index is 2.14. The maximum atomic E-state index is 12.5. The van der Waals surface area contributed by atoms with Crippen LogP contribution in [0.5, 0.6) is 0 Å². The zero-order valence-corrected chi connectivity index (χ0v) is 14.0. The molecule has 0 saturated carbocycles. The maximum Gasteiger partial charge on any atom is 0.248 e. The summed E-state index contributed by atoms with van der Waals surface area (Å²) in [4.78, 5) is 11.2. The van der Waals surface area contributed by atoms with Crippen molar-refractivity contribution in [3.63, 3.8) is 0 Å². The number of carbonyl (C=O) groups is 1. The van der Waals surface area contributed by atoms with Gasteiger partial charge in [-0.15, -0.1) is 0 Å². The van der Waals surface area contributed by atoms with E-state index in [1.807, 2.05) is 0 Å². The van der Waals surface area contributed by atoms with Gasteiger partial charge in [-0.2, -0.15) is 0 Å². The van der Waals surface area contributed by atoms with Gasteiger partial charge < -0.3 is 15.8 Å². The van der Waals surface area contributed by atoms with E-state index in [0.29, 0.717) is 13.2 Å². The Labute approximate surface area is 136 Å². The summed E-state index contributed by atoms with van der Waals surface area (Å²) < 4.78 is 32.9. The van der Waals surface area contributed by atoms with Gasteiger partial charge in [0, 0.05) is 24.6 Å². The number of hydrogen-bond acceptors (Lipinski definition) is 5. The molecule has 4 N–H and O–H groups in total. The Morgan fingerprint density at radius 2 is 2.09 bits per heavy atom. The van der Waals surface area contributed by atoms with E-state index in [1.54, 1.807) is 7.11 Å². The van der Waals surface area contributed by atoms with Gasteiger partial charge in [-0.05, 0) is 44.1 Å². The second kappa shape index (κ2) is 7.39. The predicted octanol–water partition coefficient (Wildman–Crippen LogP) is 0.0800. The van der Waals surface area contributed by atoms with Crippen LogP contribution in [-0.2, 0) is 14.8 Å². The third kappa shape index (κ3) is 4.51. The molecule has 8 heteroatoms. The second-order valence-corrected chi connectivity index (χ2v) is 7.67. The van der Waals surface area contributed by atoms with E-state index in [0.717, 1.165) is 25.9 Å². The molecule has 128 valence electrons. The van der Waals surface area contributed by atoms with Crippen molar-refractivity contribution in [3.8, 4) is 0 Å². The molecule has 0 aliphatic carbocycles. The lowest BCUT2D eigenvalue weighted by Gasteiger charge is -2.37. The number of sulfonamides is 1. The summed E-state index contributed by atoms with van der Waals surface area (Å²) in [5, 5.41) is 3.26. The summed E-state index contributed by atoms with van der Waals surface area (Å²) in [6.45, 7) is 2.47. The third-order valence-corrected chi connectivity index (χ3v) is 5.58. The number of carbonyl (C=O) groups excluding carboxylic acids is 1. The highest BCUT2D eigenvalue weighted by Crippen LogP contribution is 2.28. The normalized spacial score (nSPS) is 17.8. The monoisotopic (exact) mass is 341 g/mol. The molecule has 1 amide bonds. The molecular formula is C15H23N3O4S. The van der Waals surface area contributed by atoms with Crippen LogP contribution in [0.3, 0.4) is 0 Å². The second-order valence-electron chi connectivity index (χ2n) is 5.90. The Kier molecular flexibility index (Phi) is 5.74. The highest BCUT2D eigenvalue weighted by atomic mass is 32.2. The fourth-order valence-electron chi connectivity index (χ4n) is 2.78. The number of hydrogen-bond donors (Lipinski definition) is 3. The van der Waals surface area contributed by atoms with Crippen LogP contribution in [0, 0.1) is 5.41 Å². The maximum absolute atomic E-state index is 12.5. The Morgan fingerprint density at radius 1 is 1.39 bits per heavy atom. The van der Waals surface area contributed by atoms with Gasteiger partial charge in [0.05, 0.1) is 11.5 Å². The lowest BCUT2D eigenvalue weighted by molar-refractivity contribution is 0.0577. The van der Waals surface area contributed by atoms with Gasteiger partial charge in [-0.25, -0.2) is 13.1 Å². The van der Waals surface area contributed by atoms with E-state index in [1.165, 1.54) is 24.3 Å². The zero-order valence-electron chi connectivity index (χ0n) is 13.2. The van der Waals surface area contributed by atoms with Gasteiger partial charge in [0.15, 0.2) is 0 Å². The molecule has 0 radical (unpaired) electrons. The number of amides is 1. The molecule has 0 bridgehead atoms. The minimum absolute atomic E-state index is 0.0373. The molecule has 0 aromatic heterocycles. The lowest BCUT2D eigenvalue weighted by Crippen LogP contribution is -2.47. The van der Waals surface area contributed by atoms with E-state index in [2.05, 4.69) is 10.0 Å². The molecule has 1 heterocycles. The van der Waals surface area contributed by atoms with Crippen LogP contribution in [0.25, 0.3) is 0 Å². The number of methoxy groups -OCH3 is 1. The standard InChI is InChI=1S/C15H23N3O4S/c1-22-11-15(5-7-17-8-6-15)10-18-23(20,21)13-4-2-3-12(9-13)14(16)19/h2-4,9,17-18H,5-8,10-11H2,1H3,(H2,16,19). The molecule has 23 heavy (non-hydrogen) atoms. The minimum atomic E-state index is -3.71. The van der Waals surface area contributed by atoms with Crippen molar-refractivity contribution in [2.24, 2.45) is 11.1 Å². The predicted molar refractivity (Wildman–Crippen MR) is 86.6 cm³/mol. The largest absolute Gasteiger partial charge is 0.384 e. The van der Waals surface area contributed by atoms with E-state index >= 15 is 0 Å². The average molecular weight is 341 g/mol. The van der Waals surface area contributed by atoms with Crippen molar-refractivity contribution in [2.45, 2.75) is 17.7 Å². The molecule has 1 aliphatic rings. The molecule has 1 aromatic carbocycles. The van der Waals surface area contributed by atoms with Crippen LogP contribution in [0.15, 0.2) is 29.2 Å². The molecule has 0 unspecified atom stereocenters. The number of piperidine rings is 1. The van der Waals surface area contributed by atoms with Crippen LogP contribution in [0.4, 0.5) is 0 Å². The summed E-state index contributed by atoms with van der Waals surface area (Å²) in [7, 11) is -2.09. The molecule has 2 rings (SSSR count). The number of nitrogens with two attached hydrogens (primary N) is 1. The fraction of sp³-hybridized carbons (Fsp3) is 0.533. The van der Waals surface area contributed by atoms with Crippen LogP contribution in [0.1, 0.15) is 23.2 Å². The Morgan fingerprint density at radius 3 is 2.70 bits per heavy atom. The van der Waals surface area contributed by atoms with Gasteiger partial charge >= 0.3 is 0 Å². The van der Waals surface area contributed by atoms with Crippen LogP contribution < -0.4 is 15.8 Å². The van der Waals surface area contributed by atoms with Gasteiger partial charge in [-0.1, -0.05) is 6.07 Å². The molecule has 1 aromatic rings. The Hall–Kier alpha value is -1.48. The topological polar surface area (TPSA) is 111 Å². The van der Waals surface area contributed by atoms with Crippen molar-refractivity contribution >= 4 is 15.9 Å². The Bertz CT molecular complexity index is 649. The molecule has 1 saturated heterocycles. The van der Waals surface area contributed by atoms with Crippen molar-refractivity contribution in [1.82, 2.24) is 10.0 Å². The van der Waals surface area contributed by atoms with E-state index in [4.69, 9.17) is 10.5 Å². The van der Waals surface area contributed by atoms with Crippen LogP contribution in [0.2, 0.25) is 0 Å². The smallest absolute Gasteiger partial charge is 0.248 e. The molecular weight excluding hydrogens is 318 g/mol. The first kappa shape index (κ1) is 17.9. The van der Waals surface area contributed by atoms with Crippen molar-refractivity contribution in [2.75, 3.05) is 33.4 Å².